The molecular weight excluding hydrogens is 420 g/mol. The number of ketones is 1. The van der Waals surface area contributed by atoms with Gasteiger partial charge in [0, 0.05) is 24.3 Å². The number of amidine groups is 1. The molecule has 2 aliphatic rings. The molecule has 2 aromatic carbocycles. The van der Waals surface area contributed by atoms with Crippen molar-refractivity contribution in [2.24, 2.45) is 4.99 Å². The molecule has 4 rings (SSSR count). The third kappa shape index (κ3) is 5.50. The summed E-state index contributed by atoms with van der Waals surface area (Å²) in [6.07, 6.45) is 8.12. The maximum Gasteiger partial charge on any atom is 0.162 e. The third-order valence-corrected chi connectivity index (χ3v) is 6.58. The lowest BCUT2D eigenvalue weighted by Gasteiger charge is -2.30. The zero-order valence-corrected chi connectivity index (χ0v) is 18.9. The zero-order valence-electron chi connectivity index (χ0n) is 18.1. The summed E-state index contributed by atoms with van der Waals surface area (Å²) in [4.78, 5) is 18.8. The number of aliphatic hydroxyl groups is 1. The number of aliphatic imine (C=N–C) groups is 1. The summed E-state index contributed by atoms with van der Waals surface area (Å²) in [6, 6.07) is 17.6. The Morgan fingerprint density at radius 2 is 1.88 bits per heavy atom. The van der Waals surface area contributed by atoms with Crippen molar-refractivity contribution in [3.8, 4) is 5.75 Å². The predicted molar refractivity (Wildman–Crippen MR) is 130 cm³/mol. The summed E-state index contributed by atoms with van der Waals surface area (Å²) in [5, 5.41) is 11.7. The number of thioether (sulfide) groups is 1. The van der Waals surface area contributed by atoms with E-state index in [-0.39, 0.29) is 24.5 Å². The van der Waals surface area contributed by atoms with Crippen molar-refractivity contribution in [3.63, 3.8) is 0 Å². The number of hydrogen-bond donors (Lipinski definition) is 1. The van der Waals surface area contributed by atoms with Gasteiger partial charge in [0.05, 0.1) is 12.1 Å². The second-order valence-corrected chi connectivity index (χ2v) is 8.80. The van der Waals surface area contributed by atoms with Gasteiger partial charge in [0.25, 0.3) is 0 Å². The number of rotatable bonds is 9. The van der Waals surface area contributed by atoms with Gasteiger partial charge in [-0.15, -0.1) is 0 Å². The lowest BCUT2D eigenvalue weighted by molar-refractivity contribution is 0.0839. The Morgan fingerprint density at radius 3 is 2.62 bits per heavy atom. The van der Waals surface area contributed by atoms with E-state index in [0.29, 0.717) is 24.3 Å². The van der Waals surface area contributed by atoms with Crippen LogP contribution in [0.4, 0.5) is 0 Å². The number of aliphatic hydroxyl groups excluding tert-OH is 1. The molecule has 0 amide bonds. The van der Waals surface area contributed by atoms with Crippen LogP contribution in [0.15, 0.2) is 83.9 Å². The van der Waals surface area contributed by atoms with Gasteiger partial charge in [-0.1, -0.05) is 73.3 Å². The van der Waals surface area contributed by atoms with Crippen LogP contribution in [0.3, 0.4) is 0 Å². The molecule has 1 heterocycles. The topological polar surface area (TPSA) is 62.1 Å². The Hall–Kier alpha value is -2.83. The molecule has 0 aromatic heterocycles. The van der Waals surface area contributed by atoms with E-state index >= 15 is 0 Å². The van der Waals surface area contributed by atoms with Crippen LogP contribution in [0.1, 0.15) is 29.3 Å². The first-order chi connectivity index (χ1) is 15.6. The van der Waals surface area contributed by atoms with E-state index in [4.69, 9.17) is 9.73 Å². The second kappa shape index (κ2) is 10.7. The number of ether oxygens (including phenoxy) is 1. The fourth-order valence-corrected chi connectivity index (χ4v) is 4.82. The SMILES string of the molecule is CCC(=O)c1ccc(OCC(O)CN2C(SCc3ccccc3)=NC3C=CC=CC32)cc1. The van der Waals surface area contributed by atoms with Crippen molar-refractivity contribution >= 4 is 22.7 Å². The summed E-state index contributed by atoms with van der Waals surface area (Å²) in [7, 11) is 0. The van der Waals surface area contributed by atoms with E-state index < -0.39 is 6.10 Å². The Morgan fingerprint density at radius 1 is 1.12 bits per heavy atom. The average Bonchev–Trinajstić information content (AvgIpc) is 3.19. The molecule has 0 radical (unpaired) electrons. The number of β-amino-alcohol motifs (C(OH)–C–C–N with tert-alkyl or cyclic N) is 1. The van der Waals surface area contributed by atoms with E-state index in [9.17, 15) is 9.90 Å². The highest BCUT2D eigenvalue weighted by Gasteiger charge is 2.35. The number of fused-ring (bicyclic) bond motifs is 1. The first kappa shape index (κ1) is 22.4. The summed E-state index contributed by atoms with van der Waals surface area (Å²) in [5.74, 6) is 1.58. The zero-order chi connectivity index (χ0) is 22.3. The molecule has 1 aliphatic carbocycles. The van der Waals surface area contributed by atoms with Crippen LogP contribution in [0.5, 0.6) is 5.75 Å². The van der Waals surface area contributed by atoms with Crippen molar-refractivity contribution < 1.29 is 14.6 Å². The molecule has 166 valence electrons. The molecule has 0 spiro atoms. The van der Waals surface area contributed by atoms with Crippen LogP contribution in [-0.4, -0.2) is 52.3 Å². The van der Waals surface area contributed by atoms with Gasteiger partial charge >= 0.3 is 0 Å². The van der Waals surface area contributed by atoms with Gasteiger partial charge < -0.3 is 14.7 Å². The van der Waals surface area contributed by atoms with Crippen molar-refractivity contribution in [1.29, 1.82) is 0 Å². The molecule has 0 fully saturated rings. The number of carbonyl (C=O) groups is 1. The molecular formula is C26H28N2O3S. The van der Waals surface area contributed by atoms with Crippen LogP contribution in [-0.2, 0) is 5.75 Å². The molecule has 3 unspecified atom stereocenters. The molecule has 5 nitrogen and oxygen atoms in total. The molecule has 32 heavy (non-hydrogen) atoms. The predicted octanol–water partition coefficient (Wildman–Crippen LogP) is 4.49. The molecule has 6 heteroatoms. The molecule has 1 aliphatic heterocycles. The summed E-state index contributed by atoms with van der Waals surface area (Å²) in [6.45, 7) is 2.45. The highest BCUT2D eigenvalue weighted by Crippen LogP contribution is 2.29. The van der Waals surface area contributed by atoms with Gasteiger partial charge in [-0.2, -0.15) is 0 Å². The molecule has 0 saturated carbocycles. The minimum Gasteiger partial charge on any atom is -0.491 e. The van der Waals surface area contributed by atoms with E-state index in [0.717, 1.165) is 10.9 Å². The number of carbonyl (C=O) groups excluding carboxylic acids is 1. The monoisotopic (exact) mass is 448 g/mol. The Labute approximate surface area is 193 Å². The highest BCUT2D eigenvalue weighted by molar-refractivity contribution is 8.13. The smallest absolute Gasteiger partial charge is 0.162 e. The average molecular weight is 449 g/mol. The van der Waals surface area contributed by atoms with Crippen LogP contribution in [0, 0.1) is 0 Å². The van der Waals surface area contributed by atoms with Crippen molar-refractivity contribution in [3.05, 3.63) is 90.0 Å². The summed E-state index contributed by atoms with van der Waals surface area (Å²) >= 11 is 1.70. The van der Waals surface area contributed by atoms with Gasteiger partial charge in [0.1, 0.15) is 18.5 Å². The van der Waals surface area contributed by atoms with Gasteiger partial charge in [-0.3, -0.25) is 9.79 Å². The number of benzene rings is 2. The Bertz CT molecular complexity index is 1000. The Kier molecular flexibility index (Phi) is 7.45. The van der Waals surface area contributed by atoms with Gasteiger partial charge in [-0.05, 0) is 29.8 Å². The lowest BCUT2D eigenvalue weighted by Crippen LogP contribution is -2.43. The van der Waals surface area contributed by atoms with Crippen molar-refractivity contribution in [2.45, 2.75) is 37.3 Å². The molecule has 0 bridgehead atoms. The number of Topliss-reactive ketones (excluding diaryl/α,β-unsaturated/α-hetero) is 1. The summed E-state index contributed by atoms with van der Waals surface area (Å²) in [5.41, 5.74) is 1.92. The largest absolute Gasteiger partial charge is 0.491 e. The normalized spacial score (nSPS) is 20.1. The van der Waals surface area contributed by atoms with Crippen molar-refractivity contribution in [1.82, 2.24) is 4.90 Å². The van der Waals surface area contributed by atoms with E-state index in [1.54, 1.807) is 36.0 Å². The van der Waals surface area contributed by atoms with Crippen molar-refractivity contribution in [2.75, 3.05) is 13.2 Å². The lowest BCUT2D eigenvalue weighted by atomic mass is 10.0. The second-order valence-electron chi connectivity index (χ2n) is 7.86. The molecule has 3 atom stereocenters. The first-order valence-corrected chi connectivity index (χ1v) is 11.9. The standard InChI is InChI=1S/C26H28N2O3S/c1-2-25(30)20-12-14-22(15-13-20)31-17-21(29)16-28-24-11-7-6-10-23(24)27-26(28)32-18-19-8-4-3-5-9-19/h3-15,21,23-24,29H,2,16-18H2,1H3. The maximum absolute atomic E-state index is 11.8. The fourth-order valence-electron chi connectivity index (χ4n) is 3.78. The van der Waals surface area contributed by atoms with Crippen LogP contribution in [0.2, 0.25) is 0 Å². The van der Waals surface area contributed by atoms with Crippen LogP contribution < -0.4 is 4.74 Å². The van der Waals surface area contributed by atoms with Crippen LogP contribution in [0.25, 0.3) is 0 Å². The highest BCUT2D eigenvalue weighted by atomic mass is 32.2. The minimum absolute atomic E-state index is 0.0787. The molecule has 2 aromatic rings. The molecule has 1 N–H and O–H groups in total. The van der Waals surface area contributed by atoms with Gasteiger partial charge in [0.2, 0.25) is 0 Å². The first-order valence-electron chi connectivity index (χ1n) is 10.9. The van der Waals surface area contributed by atoms with Crippen LogP contribution >= 0.6 is 11.8 Å². The number of nitrogens with zero attached hydrogens (tertiary/aromatic N) is 2. The van der Waals surface area contributed by atoms with Gasteiger partial charge in [-0.25, -0.2) is 0 Å². The maximum atomic E-state index is 11.8. The number of hydrogen-bond acceptors (Lipinski definition) is 6. The van der Waals surface area contributed by atoms with E-state index in [1.165, 1.54) is 5.56 Å². The summed E-state index contributed by atoms with van der Waals surface area (Å²) < 4.78 is 5.78. The number of allylic oxidation sites excluding steroid dienone is 2. The van der Waals surface area contributed by atoms with Gasteiger partial charge in [0.15, 0.2) is 11.0 Å². The third-order valence-electron chi connectivity index (χ3n) is 5.50. The van der Waals surface area contributed by atoms with E-state index in [2.05, 4.69) is 29.2 Å². The quantitative estimate of drug-likeness (QED) is 0.573. The van der Waals surface area contributed by atoms with E-state index in [1.807, 2.05) is 37.3 Å². The minimum atomic E-state index is -0.674. The Balaban J connectivity index is 1.35. The fraction of sp³-hybridized carbons (Fsp3) is 0.308. The molecule has 0 saturated heterocycles.